The smallest absolute Gasteiger partial charge is 0.146 e. The monoisotopic (exact) mass is 287 g/mol. The van der Waals surface area contributed by atoms with Gasteiger partial charge in [-0.1, -0.05) is 6.07 Å². The van der Waals surface area contributed by atoms with Gasteiger partial charge in [-0.3, -0.25) is 0 Å². The number of anilines is 1. The van der Waals surface area contributed by atoms with Crippen molar-refractivity contribution in [2.24, 2.45) is 0 Å². The third-order valence-corrected chi connectivity index (χ3v) is 3.66. The average molecular weight is 288 g/mol. The molecule has 1 aromatic carbocycles. The number of halogens is 2. The number of hydrogen-bond donors (Lipinski definition) is 1. The molecule has 0 aliphatic carbocycles. The van der Waals surface area contributed by atoms with E-state index in [1.165, 1.54) is 0 Å². The first-order chi connectivity index (χ1) is 9.20. The zero-order valence-corrected chi connectivity index (χ0v) is 11.6. The maximum Gasteiger partial charge on any atom is 0.146 e. The van der Waals surface area contributed by atoms with Crippen molar-refractivity contribution in [3.05, 3.63) is 29.6 Å². The van der Waals surface area contributed by atoms with Crippen molar-refractivity contribution in [1.82, 2.24) is 0 Å². The molecule has 1 aromatic rings. The van der Waals surface area contributed by atoms with Crippen LogP contribution in [0.15, 0.2) is 18.2 Å². The molecule has 1 saturated heterocycles. The summed E-state index contributed by atoms with van der Waals surface area (Å²) >= 11 is 5.53. The molecule has 1 heterocycles. The van der Waals surface area contributed by atoms with Crippen molar-refractivity contribution in [1.29, 1.82) is 0 Å². The van der Waals surface area contributed by atoms with Crippen molar-refractivity contribution >= 4 is 17.3 Å². The Labute approximate surface area is 117 Å². The fourth-order valence-corrected chi connectivity index (χ4v) is 2.33. The van der Waals surface area contributed by atoms with Crippen molar-refractivity contribution in [2.75, 3.05) is 37.1 Å². The molecule has 1 aliphatic heterocycles. The summed E-state index contributed by atoms with van der Waals surface area (Å²) in [5.74, 6) is 0.00806. The van der Waals surface area contributed by atoms with Crippen LogP contribution in [0.4, 0.5) is 10.1 Å². The first-order valence-electron chi connectivity index (χ1n) is 6.56. The number of aliphatic hydroxyl groups excluding tert-OH is 1. The van der Waals surface area contributed by atoms with Gasteiger partial charge >= 0.3 is 0 Å². The van der Waals surface area contributed by atoms with Gasteiger partial charge in [-0.15, -0.1) is 11.6 Å². The lowest BCUT2D eigenvalue weighted by atomic mass is 10.1. The normalized spacial score (nSPS) is 17.5. The summed E-state index contributed by atoms with van der Waals surface area (Å²) < 4.78 is 19.3. The Kier molecular flexibility index (Phi) is 5.43. The molecule has 1 aliphatic rings. The molecule has 1 atom stereocenters. The lowest BCUT2D eigenvalue weighted by Gasteiger charge is -2.29. The van der Waals surface area contributed by atoms with Crippen molar-refractivity contribution in [3.8, 4) is 0 Å². The van der Waals surface area contributed by atoms with Crippen LogP contribution in [0.5, 0.6) is 0 Å². The second-order valence-corrected chi connectivity index (χ2v) is 5.04. The predicted octanol–water partition coefficient (Wildman–Crippen LogP) is 2.19. The summed E-state index contributed by atoms with van der Waals surface area (Å²) in [6, 6.07) is 5.27. The van der Waals surface area contributed by atoms with Crippen LogP contribution in [0.25, 0.3) is 0 Å². The minimum Gasteiger partial charge on any atom is -0.392 e. The number of nitrogens with zero attached hydrogens (tertiary/aromatic N) is 1. The minimum absolute atomic E-state index is 0.209. The summed E-state index contributed by atoms with van der Waals surface area (Å²) in [6.07, 6.45) is 0.664. The fourth-order valence-electron chi connectivity index (χ4n) is 2.18. The number of benzene rings is 1. The van der Waals surface area contributed by atoms with Crippen LogP contribution in [-0.2, 0) is 11.2 Å². The summed E-state index contributed by atoms with van der Waals surface area (Å²) in [5.41, 5.74) is 1.52. The largest absolute Gasteiger partial charge is 0.392 e. The van der Waals surface area contributed by atoms with Gasteiger partial charge in [-0.05, 0) is 30.5 Å². The van der Waals surface area contributed by atoms with E-state index >= 15 is 0 Å². The molecule has 1 fully saturated rings. The molecule has 1 unspecified atom stereocenters. The lowest BCUT2D eigenvalue weighted by molar-refractivity contribution is 0.122. The molecule has 0 spiro atoms. The zero-order valence-electron chi connectivity index (χ0n) is 10.8. The zero-order chi connectivity index (χ0) is 13.7. The summed E-state index contributed by atoms with van der Waals surface area (Å²) in [7, 11) is 0. The van der Waals surface area contributed by atoms with E-state index in [2.05, 4.69) is 0 Å². The highest BCUT2D eigenvalue weighted by Crippen LogP contribution is 2.22. The molecule has 0 saturated carbocycles. The highest BCUT2D eigenvalue weighted by Gasteiger charge is 2.15. The third kappa shape index (κ3) is 4.06. The first-order valence-corrected chi connectivity index (χ1v) is 7.09. The van der Waals surface area contributed by atoms with Crippen LogP contribution in [-0.4, -0.2) is 43.4 Å². The van der Waals surface area contributed by atoms with Gasteiger partial charge < -0.3 is 14.7 Å². The molecule has 0 radical (unpaired) electrons. The topological polar surface area (TPSA) is 32.7 Å². The van der Waals surface area contributed by atoms with Gasteiger partial charge in [0.25, 0.3) is 0 Å². The molecule has 106 valence electrons. The number of alkyl halides is 1. The van der Waals surface area contributed by atoms with E-state index in [1.807, 2.05) is 17.0 Å². The summed E-state index contributed by atoms with van der Waals surface area (Å²) in [5, 5.41) is 9.40. The molecular formula is C14H19ClFNO2. The van der Waals surface area contributed by atoms with Gasteiger partial charge in [-0.25, -0.2) is 4.39 Å². The lowest BCUT2D eigenvalue weighted by Crippen LogP contribution is -2.36. The Balaban J connectivity index is 2.00. The molecule has 0 amide bonds. The van der Waals surface area contributed by atoms with Crippen LogP contribution in [0.3, 0.4) is 0 Å². The van der Waals surface area contributed by atoms with E-state index in [-0.39, 0.29) is 11.7 Å². The Morgan fingerprint density at radius 2 is 2.11 bits per heavy atom. The first kappa shape index (κ1) is 14.6. The van der Waals surface area contributed by atoms with Gasteiger partial charge in [0.15, 0.2) is 0 Å². The van der Waals surface area contributed by atoms with E-state index in [9.17, 15) is 9.50 Å². The van der Waals surface area contributed by atoms with Crippen LogP contribution in [0, 0.1) is 5.82 Å². The van der Waals surface area contributed by atoms with Crippen LogP contribution >= 0.6 is 11.6 Å². The number of hydrogen-bond acceptors (Lipinski definition) is 3. The number of aliphatic hydroxyl groups is 1. The number of ether oxygens (including phenoxy) is 1. The van der Waals surface area contributed by atoms with Crippen LogP contribution in [0.1, 0.15) is 12.0 Å². The van der Waals surface area contributed by atoms with E-state index < -0.39 is 6.10 Å². The van der Waals surface area contributed by atoms with Crippen molar-refractivity contribution in [3.63, 3.8) is 0 Å². The Bertz CT molecular complexity index is 410. The van der Waals surface area contributed by atoms with Crippen molar-refractivity contribution in [2.45, 2.75) is 18.9 Å². The van der Waals surface area contributed by atoms with Crippen LogP contribution in [0.2, 0.25) is 0 Å². The second-order valence-electron chi connectivity index (χ2n) is 4.73. The summed E-state index contributed by atoms with van der Waals surface area (Å²) in [6.45, 7) is 2.73. The second kappa shape index (κ2) is 7.08. The highest BCUT2D eigenvalue weighted by atomic mass is 35.5. The number of rotatable bonds is 5. The van der Waals surface area contributed by atoms with E-state index in [0.717, 1.165) is 18.7 Å². The average Bonchev–Trinajstić information content (AvgIpc) is 2.45. The molecule has 0 bridgehead atoms. The molecule has 3 nitrogen and oxygen atoms in total. The third-order valence-electron chi connectivity index (χ3n) is 3.31. The fraction of sp³-hybridized carbons (Fsp3) is 0.571. The minimum atomic E-state index is -0.524. The van der Waals surface area contributed by atoms with E-state index in [1.54, 1.807) is 6.07 Å². The molecule has 1 N–H and O–H groups in total. The quantitative estimate of drug-likeness (QED) is 0.843. The highest BCUT2D eigenvalue weighted by molar-refractivity contribution is 6.18. The standard InChI is InChI=1S/C14H19ClFNO2/c15-10-12(18)3-1-11-2-4-14(13(16)9-11)17-5-7-19-8-6-17/h2,4,9,12,18H,1,3,5-8,10H2. The molecular weight excluding hydrogens is 269 g/mol. The maximum absolute atomic E-state index is 14.1. The predicted molar refractivity (Wildman–Crippen MR) is 74.5 cm³/mol. The molecule has 5 heteroatoms. The number of aryl methyl sites for hydroxylation is 1. The molecule has 19 heavy (non-hydrogen) atoms. The van der Waals surface area contributed by atoms with Gasteiger partial charge in [0.2, 0.25) is 0 Å². The van der Waals surface area contributed by atoms with Gasteiger partial charge in [0.05, 0.1) is 25.0 Å². The Morgan fingerprint density at radius 3 is 2.74 bits per heavy atom. The SMILES string of the molecule is OC(CCl)CCc1ccc(N2CCOCC2)c(F)c1. The van der Waals surface area contributed by atoms with Crippen molar-refractivity contribution < 1.29 is 14.2 Å². The summed E-state index contributed by atoms with van der Waals surface area (Å²) in [4.78, 5) is 2.00. The molecule has 2 rings (SSSR count). The number of morpholine rings is 1. The maximum atomic E-state index is 14.1. The van der Waals surface area contributed by atoms with Crippen LogP contribution < -0.4 is 4.90 Å². The Hall–Kier alpha value is -0.840. The van der Waals surface area contributed by atoms with E-state index in [0.29, 0.717) is 31.7 Å². The molecule has 0 aromatic heterocycles. The van der Waals surface area contributed by atoms with E-state index in [4.69, 9.17) is 16.3 Å². The van der Waals surface area contributed by atoms with Gasteiger partial charge in [-0.2, -0.15) is 0 Å². The van der Waals surface area contributed by atoms with Gasteiger partial charge in [0, 0.05) is 19.0 Å². The Morgan fingerprint density at radius 1 is 1.37 bits per heavy atom. The van der Waals surface area contributed by atoms with Gasteiger partial charge in [0.1, 0.15) is 5.82 Å².